The lowest BCUT2D eigenvalue weighted by Gasteiger charge is -2.33. The van der Waals surface area contributed by atoms with Crippen molar-refractivity contribution in [1.82, 2.24) is 20.4 Å². The largest absolute Gasteiger partial charge is 0.347 e. The van der Waals surface area contributed by atoms with Crippen molar-refractivity contribution < 1.29 is 14.4 Å². The molecule has 7 nitrogen and oxygen atoms in total. The maximum atomic E-state index is 12.5. The van der Waals surface area contributed by atoms with E-state index in [9.17, 15) is 14.4 Å². The second-order valence-corrected chi connectivity index (χ2v) is 5.23. The summed E-state index contributed by atoms with van der Waals surface area (Å²) in [5.41, 5.74) is 0. The van der Waals surface area contributed by atoms with Gasteiger partial charge in [-0.15, -0.1) is 0 Å². The third-order valence-corrected chi connectivity index (χ3v) is 3.78. The van der Waals surface area contributed by atoms with E-state index in [0.717, 1.165) is 19.5 Å². The molecule has 1 unspecified atom stereocenters. The van der Waals surface area contributed by atoms with Crippen LogP contribution < -0.4 is 10.6 Å². The number of nitrogens with one attached hydrogen (secondary N) is 2. The van der Waals surface area contributed by atoms with E-state index < -0.39 is 0 Å². The van der Waals surface area contributed by atoms with Gasteiger partial charge >= 0.3 is 0 Å². The van der Waals surface area contributed by atoms with Crippen LogP contribution >= 0.6 is 0 Å². The molecule has 0 aromatic rings. The molecule has 0 bridgehead atoms. The van der Waals surface area contributed by atoms with E-state index >= 15 is 0 Å². The van der Waals surface area contributed by atoms with Gasteiger partial charge in [0.05, 0.1) is 6.54 Å². The van der Waals surface area contributed by atoms with Gasteiger partial charge in [-0.3, -0.25) is 14.4 Å². The highest BCUT2D eigenvalue weighted by Crippen LogP contribution is 2.19. The standard InChI is InChI=1S/C13H22N4O3/c1-10(18)15-9-12(19)17-6-2-3-11(17)13(20)16-7-4-14-5-8-16/h11,14H,2-9H2,1H3,(H,15,18). The van der Waals surface area contributed by atoms with E-state index in [1.807, 2.05) is 4.90 Å². The van der Waals surface area contributed by atoms with Gasteiger partial charge in [-0.2, -0.15) is 0 Å². The molecule has 112 valence electrons. The normalized spacial score (nSPS) is 22.8. The van der Waals surface area contributed by atoms with Crippen molar-refractivity contribution in [2.75, 3.05) is 39.3 Å². The molecular weight excluding hydrogens is 260 g/mol. The lowest BCUT2D eigenvalue weighted by Crippen LogP contribution is -2.54. The van der Waals surface area contributed by atoms with Crippen molar-refractivity contribution in [3.63, 3.8) is 0 Å². The van der Waals surface area contributed by atoms with Crippen LogP contribution in [0.1, 0.15) is 19.8 Å². The molecular formula is C13H22N4O3. The molecule has 0 aliphatic carbocycles. The van der Waals surface area contributed by atoms with Gasteiger partial charge < -0.3 is 20.4 Å². The van der Waals surface area contributed by atoms with Crippen LogP contribution in [0.2, 0.25) is 0 Å². The molecule has 2 saturated heterocycles. The molecule has 20 heavy (non-hydrogen) atoms. The van der Waals surface area contributed by atoms with Crippen LogP contribution in [-0.4, -0.2) is 72.8 Å². The van der Waals surface area contributed by atoms with Gasteiger partial charge in [-0.05, 0) is 12.8 Å². The molecule has 0 saturated carbocycles. The molecule has 2 aliphatic rings. The number of likely N-dealkylation sites (tertiary alicyclic amines) is 1. The van der Waals surface area contributed by atoms with E-state index in [2.05, 4.69) is 10.6 Å². The second kappa shape index (κ2) is 6.69. The van der Waals surface area contributed by atoms with Crippen LogP contribution in [0.5, 0.6) is 0 Å². The summed E-state index contributed by atoms with van der Waals surface area (Å²) >= 11 is 0. The maximum absolute atomic E-state index is 12.5. The first-order chi connectivity index (χ1) is 9.59. The van der Waals surface area contributed by atoms with Gasteiger partial charge in [0.25, 0.3) is 0 Å². The lowest BCUT2D eigenvalue weighted by atomic mass is 10.1. The Morgan fingerprint density at radius 1 is 1.20 bits per heavy atom. The van der Waals surface area contributed by atoms with Crippen molar-refractivity contribution in [1.29, 1.82) is 0 Å². The van der Waals surface area contributed by atoms with E-state index in [1.165, 1.54) is 6.92 Å². The first kappa shape index (κ1) is 14.8. The molecule has 2 aliphatic heterocycles. The van der Waals surface area contributed by atoms with Crippen LogP contribution in [0.15, 0.2) is 0 Å². The van der Waals surface area contributed by atoms with Gasteiger partial charge in [-0.1, -0.05) is 0 Å². The topological polar surface area (TPSA) is 81.8 Å². The second-order valence-electron chi connectivity index (χ2n) is 5.23. The Balaban J connectivity index is 1.93. The first-order valence-electron chi connectivity index (χ1n) is 7.13. The number of carbonyl (C=O) groups excluding carboxylic acids is 3. The van der Waals surface area contributed by atoms with Crippen LogP contribution in [0.3, 0.4) is 0 Å². The number of hydrogen-bond donors (Lipinski definition) is 2. The monoisotopic (exact) mass is 282 g/mol. The van der Waals surface area contributed by atoms with Gasteiger partial charge in [0.15, 0.2) is 0 Å². The summed E-state index contributed by atoms with van der Waals surface area (Å²) in [5.74, 6) is -0.367. The number of hydrogen-bond acceptors (Lipinski definition) is 4. The van der Waals surface area contributed by atoms with Gasteiger partial charge in [0.2, 0.25) is 17.7 Å². The van der Waals surface area contributed by atoms with E-state index in [-0.39, 0.29) is 30.3 Å². The number of rotatable bonds is 3. The molecule has 3 amide bonds. The molecule has 2 heterocycles. The summed E-state index contributed by atoms with van der Waals surface area (Å²) in [7, 11) is 0. The first-order valence-corrected chi connectivity index (χ1v) is 7.13. The Kier molecular flexibility index (Phi) is 4.94. The van der Waals surface area contributed by atoms with Crippen LogP contribution in [0.4, 0.5) is 0 Å². The SMILES string of the molecule is CC(=O)NCC(=O)N1CCCC1C(=O)N1CCNCC1. The van der Waals surface area contributed by atoms with Crippen LogP contribution in [0, 0.1) is 0 Å². The number of amides is 3. The summed E-state index contributed by atoms with van der Waals surface area (Å²) < 4.78 is 0. The predicted octanol–water partition coefficient (Wildman–Crippen LogP) is -1.45. The Hall–Kier alpha value is -1.63. The molecule has 1 atom stereocenters. The number of nitrogens with zero attached hydrogens (tertiary/aromatic N) is 2. The molecule has 0 radical (unpaired) electrons. The fourth-order valence-corrected chi connectivity index (χ4v) is 2.72. The highest BCUT2D eigenvalue weighted by Gasteiger charge is 2.36. The molecule has 0 aromatic carbocycles. The number of piperazine rings is 1. The zero-order chi connectivity index (χ0) is 14.5. The minimum Gasteiger partial charge on any atom is -0.347 e. The van der Waals surface area contributed by atoms with Gasteiger partial charge in [0, 0.05) is 39.6 Å². The third kappa shape index (κ3) is 3.47. The molecule has 2 fully saturated rings. The average molecular weight is 282 g/mol. The smallest absolute Gasteiger partial charge is 0.245 e. The van der Waals surface area contributed by atoms with Crippen molar-refractivity contribution >= 4 is 17.7 Å². The van der Waals surface area contributed by atoms with Crippen LogP contribution in [0.25, 0.3) is 0 Å². The highest BCUT2D eigenvalue weighted by molar-refractivity contribution is 5.90. The summed E-state index contributed by atoms with van der Waals surface area (Å²) in [5, 5.41) is 5.70. The highest BCUT2D eigenvalue weighted by atomic mass is 16.2. The minimum atomic E-state index is -0.352. The average Bonchev–Trinajstić information content (AvgIpc) is 2.94. The third-order valence-electron chi connectivity index (χ3n) is 3.78. The Morgan fingerprint density at radius 3 is 2.55 bits per heavy atom. The fourth-order valence-electron chi connectivity index (χ4n) is 2.72. The van der Waals surface area contributed by atoms with Crippen LogP contribution in [-0.2, 0) is 14.4 Å². The maximum Gasteiger partial charge on any atom is 0.245 e. The summed E-state index contributed by atoms with van der Waals surface area (Å²) in [6, 6.07) is -0.352. The molecule has 7 heteroatoms. The predicted molar refractivity (Wildman–Crippen MR) is 72.9 cm³/mol. The van der Waals surface area contributed by atoms with E-state index in [4.69, 9.17) is 0 Å². The minimum absolute atomic E-state index is 0.0271. The Bertz CT molecular complexity index is 393. The molecule has 2 N–H and O–H groups in total. The quantitative estimate of drug-likeness (QED) is 0.663. The Morgan fingerprint density at radius 2 is 1.90 bits per heavy atom. The van der Waals surface area contributed by atoms with Crippen molar-refractivity contribution in [2.45, 2.75) is 25.8 Å². The molecule has 0 spiro atoms. The summed E-state index contributed by atoms with van der Waals surface area (Å²) in [4.78, 5) is 38.8. The lowest BCUT2D eigenvalue weighted by molar-refractivity contribution is -0.144. The zero-order valence-corrected chi connectivity index (χ0v) is 11.9. The zero-order valence-electron chi connectivity index (χ0n) is 11.9. The van der Waals surface area contributed by atoms with Gasteiger partial charge in [-0.25, -0.2) is 0 Å². The van der Waals surface area contributed by atoms with Crippen molar-refractivity contribution in [3.8, 4) is 0 Å². The summed E-state index contributed by atoms with van der Waals surface area (Å²) in [6.07, 6.45) is 1.56. The Labute approximate surface area is 118 Å². The van der Waals surface area contributed by atoms with E-state index in [1.54, 1.807) is 4.90 Å². The molecule has 0 aromatic heterocycles. The molecule has 2 rings (SSSR count). The van der Waals surface area contributed by atoms with Gasteiger partial charge in [0.1, 0.15) is 6.04 Å². The fraction of sp³-hybridized carbons (Fsp3) is 0.769. The van der Waals surface area contributed by atoms with E-state index in [0.29, 0.717) is 26.1 Å². The summed E-state index contributed by atoms with van der Waals surface area (Å²) in [6.45, 7) is 4.95. The van der Waals surface area contributed by atoms with Crippen molar-refractivity contribution in [3.05, 3.63) is 0 Å². The number of carbonyl (C=O) groups is 3. The van der Waals surface area contributed by atoms with Crippen molar-refractivity contribution in [2.24, 2.45) is 0 Å².